The third kappa shape index (κ3) is 3.20. The molecule has 1 fully saturated rings. The molecule has 2 nitrogen and oxygen atoms in total. The molecule has 0 atom stereocenters. The maximum absolute atomic E-state index is 13.6. The van der Waals surface area contributed by atoms with Gasteiger partial charge in [-0.1, -0.05) is 18.2 Å². The van der Waals surface area contributed by atoms with E-state index in [4.69, 9.17) is 9.31 Å². The van der Waals surface area contributed by atoms with E-state index in [1.165, 1.54) is 6.07 Å². The normalized spacial score (nSPS) is 20.9. The van der Waals surface area contributed by atoms with Gasteiger partial charge < -0.3 is 9.31 Å². The number of benzene rings is 1. The molecule has 0 spiro atoms. The van der Waals surface area contributed by atoms with Gasteiger partial charge in [0.15, 0.2) is 0 Å². The van der Waals surface area contributed by atoms with Gasteiger partial charge in [0.05, 0.1) is 11.2 Å². The van der Waals surface area contributed by atoms with E-state index in [1.54, 1.807) is 13.0 Å². The Morgan fingerprint density at radius 1 is 1.24 bits per heavy atom. The first-order chi connectivity index (χ1) is 9.68. The Morgan fingerprint density at radius 3 is 2.33 bits per heavy atom. The van der Waals surface area contributed by atoms with Crippen LogP contribution in [0.5, 0.6) is 0 Å². The van der Waals surface area contributed by atoms with Crippen LogP contribution in [0.3, 0.4) is 0 Å². The molecule has 21 heavy (non-hydrogen) atoms. The highest BCUT2D eigenvalue weighted by Gasteiger charge is 2.52. The smallest absolute Gasteiger partial charge is 0.400 e. The SMILES string of the molecule is Cc1c(F)cccc1C=C(CS)B1OC(C)(C)C(C)(C)O1. The molecular weight excluding hydrogens is 286 g/mol. The van der Waals surface area contributed by atoms with Crippen molar-refractivity contribution < 1.29 is 13.7 Å². The van der Waals surface area contributed by atoms with E-state index in [9.17, 15) is 4.39 Å². The summed E-state index contributed by atoms with van der Waals surface area (Å²) >= 11 is 4.37. The van der Waals surface area contributed by atoms with Crippen LogP contribution >= 0.6 is 12.6 Å². The fourth-order valence-electron chi connectivity index (χ4n) is 2.16. The summed E-state index contributed by atoms with van der Waals surface area (Å²) in [5.41, 5.74) is 1.56. The molecule has 0 bridgehead atoms. The first kappa shape index (κ1) is 16.6. The van der Waals surface area contributed by atoms with Crippen molar-refractivity contribution in [1.82, 2.24) is 0 Å². The third-order valence-corrected chi connectivity index (χ3v) is 4.75. The lowest BCUT2D eigenvalue weighted by Crippen LogP contribution is -2.41. The Hall–Kier alpha value is -0.775. The van der Waals surface area contributed by atoms with Crippen LogP contribution in [-0.2, 0) is 9.31 Å². The molecule has 0 aliphatic carbocycles. The van der Waals surface area contributed by atoms with Gasteiger partial charge in [-0.25, -0.2) is 4.39 Å². The van der Waals surface area contributed by atoms with Crippen molar-refractivity contribution in [3.8, 4) is 0 Å². The Morgan fingerprint density at radius 2 is 1.81 bits per heavy atom. The average molecular weight is 308 g/mol. The van der Waals surface area contributed by atoms with Crippen LogP contribution in [-0.4, -0.2) is 24.1 Å². The monoisotopic (exact) mass is 308 g/mol. The second-order valence-electron chi connectivity index (χ2n) is 6.42. The molecule has 0 N–H and O–H groups in total. The maximum Gasteiger partial charge on any atom is 0.491 e. The van der Waals surface area contributed by atoms with Gasteiger partial charge in [0.2, 0.25) is 0 Å². The molecule has 0 aromatic heterocycles. The number of thiol groups is 1. The topological polar surface area (TPSA) is 18.5 Å². The molecule has 114 valence electrons. The highest BCUT2D eigenvalue weighted by Crippen LogP contribution is 2.39. The minimum Gasteiger partial charge on any atom is -0.400 e. The zero-order valence-corrected chi connectivity index (χ0v) is 14.1. The van der Waals surface area contributed by atoms with Crippen molar-refractivity contribution in [2.45, 2.75) is 45.8 Å². The molecule has 1 aromatic carbocycles. The summed E-state index contributed by atoms with van der Waals surface area (Å²) in [6.45, 7) is 9.81. The van der Waals surface area contributed by atoms with E-state index in [1.807, 2.05) is 39.8 Å². The fraction of sp³-hybridized carbons (Fsp3) is 0.500. The summed E-state index contributed by atoms with van der Waals surface area (Å²) in [7, 11) is -0.449. The van der Waals surface area contributed by atoms with Crippen LogP contribution in [0.4, 0.5) is 4.39 Å². The molecule has 0 amide bonds. The molecule has 2 rings (SSSR count). The van der Waals surface area contributed by atoms with E-state index in [2.05, 4.69) is 12.6 Å². The molecule has 0 unspecified atom stereocenters. The highest BCUT2D eigenvalue weighted by atomic mass is 32.1. The van der Waals surface area contributed by atoms with Gasteiger partial charge in [0, 0.05) is 5.75 Å². The zero-order chi connectivity index (χ0) is 15.8. The molecule has 1 aliphatic heterocycles. The number of hydrogen-bond acceptors (Lipinski definition) is 3. The van der Waals surface area contributed by atoms with Gasteiger partial charge in [0.1, 0.15) is 5.82 Å². The van der Waals surface area contributed by atoms with Gasteiger partial charge in [-0.05, 0) is 57.3 Å². The minimum atomic E-state index is -0.449. The Labute approximate surface area is 132 Å². The molecule has 5 heteroatoms. The Balaban J connectivity index is 2.33. The predicted molar refractivity (Wildman–Crippen MR) is 89.0 cm³/mol. The van der Waals surface area contributed by atoms with Crippen molar-refractivity contribution in [3.05, 3.63) is 40.6 Å². The first-order valence-corrected chi connectivity index (χ1v) is 7.73. The van der Waals surface area contributed by atoms with Crippen LogP contribution in [0.25, 0.3) is 6.08 Å². The van der Waals surface area contributed by atoms with Crippen LogP contribution in [0.15, 0.2) is 23.7 Å². The van der Waals surface area contributed by atoms with E-state index in [0.29, 0.717) is 11.3 Å². The first-order valence-electron chi connectivity index (χ1n) is 7.10. The Bertz CT molecular complexity index is 553. The van der Waals surface area contributed by atoms with Gasteiger partial charge in [-0.2, -0.15) is 12.6 Å². The van der Waals surface area contributed by atoms with Gasteiger partial charge in [-0.15, -0.1) is 0 Å². The van der Waals surface area contributed by atoms with Crippen molar-refractivity contribution in [2.24, 2.45) is 0 Å². The largest absolute Gasteiger partial charge is 0.491 e. The van der Waals surface area contributed by atoms with E-state index in [0.717, 1.165) is 11.0 Å². The maximum atomic E-state index is 13.6. The van der Waals surface area contributed by atoms with Crippen molar-refractivity contribution in [2.75, 3.05) is 5.75 Å². The summed E-state index contributed by atoms with van der Waals surface area (Å²) in [5.74, 6) is 0.281. The summed E-state index contributed by atoms with van der Waals surface area (Å²) in [5, 5.41) is 0. The van der Waals surface area contributed by atoms with Crippen LogP contribution in [0.2, 0.25) is 0 Å². The lowest BCUT2D eigenvalue weighted by atomic mass is 9.78. The third-order valence-electron chi connectivity index (χ3n) is 4.39. The number of halogens is 1. The highest BCUT2D eigenvalue weighted by molar-refractivity contribution is 7.80. The minimum absolute atomic E-state index is 0.212. The summed E-state index contributed by atoms with van der Waals surface area (Å²) in [4.78, 5) is 0. The molecule has 0 saturated carbocycles. The van der Waals surface area contributed by atoms with E-state index in [-0.39, 0.29) is 5.82 Å². The second kappa shape index (κ2) is 5.78. The number of rotatable bonds is 3. The summed E-state index contributed by atoms with van der Waals surface area (Å²) in [6.07, 6.45) is 1.91. The van der Waals surface area contributed by atoms with Crippen molar-refractivity contribution >= 4 is 25.8 Å². The lowest BCUT2D eigenvalue weighted by molar-refractivity contribution is 0.00578. The van der Waals surface area contributed by atoms with Crippen LogP contribution < -0.4 is 0 Å². The summed E-state index contributed by atoms with van der Waals surface area (Å²) < 4.78 is 25.7. The zero-order valence-electron chi connectivity index (χ0n) is 13.2. The standard InChI is InChI=1S/C16H22BFO2S/c1-11-12(7-6-8-14(11)18)9-13(10-21)17-19-15(2,3)16(4,5)20-17/h6-9,21H,10H2,1-5H3. The van der Waals surface area contributed by atoms with Crippen molar-refractivity contribution in [3.63, 3.8) is 0 Å². The molecule has 0 radical (unpaired) electrons. The molecule has 1 aromatic rings. The second-order valence-corrected chi connectivity index (χ2v) is 6.74. The summed E-state index contributed by atoms with van der Waals surface area (Å²) in [6, 6.07) is 5.05. The quantitative estimate of drug-likeness (QED) is 0.670. The van der Waals surface area contributed by atoms with E-state index >= 15 is 0 Å². The molecular formula is C16H22BFO2S. The van der Waals surface area contributed by atoms with Gasteiger partial charge >= 0.3 is 7.12 Å². The molecule has 1 saturated heterocycles. The lowest BCUT2D eigenvalue weighted by Gasteiger charge is -2.32. The molecule has 1 heterocycles. The van der Waals surface area contributed by atoms with Gasteiger partial charge in [0.25, 0.3) is 0 Å². The Kier molecular flexibility index (Phi) is 4.57. The average Bonchev–Trinajstić information content (AvgIpc) is 2.60. The fourth-order valence-corrected chi connectivity index (χ4v) is 2.40. The number of hydrogen-bond donors (Lipinski definition) is 1. The van der Waals surface area contributed by atoms with E-state index < -0.39 is 18.3 Å². The van der Waals surface area contributed by atoms with Crippen LogP contribution in [0.1, 0.15) is 38.8 Å². The predicted octanol–water partition coefficient (Wildman–Crippen LogP) is 4.08. The van der Waals surface area contributed by atoms with Crippen LogP contribution in [0, 0.1) is 12.7 Å². The molecule has 1 aliphatic rings. The van der Waals surface area contributed by atoms with Gasteiger partial charge in [-0.3, -0.25) is 0 Å². The van der Waals surface area contributed by atoms with Crippen molar-refractivity contribution in [1.29, 1.82) is 0 Å².